The molecule has 11 heteroatoms. The molecule has 1 saturated heterocycles. The van der Waals surface area contributed by atoms with Gasteiger partial charge in [0.05, 0.1) is 6.54 Å². The van der Waals surface area contributed by atoms with Crippen LogP contribution in [0.4, 0.5) is 4.79 Å². The number of hydrogen-bond acceptors (Lipinski definition) is 8. The van der Waals surface area contributed by atoms with Crippen molar-refractivity contribution >= 4 is 23.9 Å². The summed E-state index contributed by atoms with van der Waals surface area (Å²) in [6, 6.07) is 12.9. The quantitative estimate of drug-likeness (QED) is 0.355. The van der Waals surface area contributed by atoms with Gasteiger partial charge in [-0.15, -0.1) is 0 Å². The molecule has 0 aliphatic carbocycles. The molecule has 2 heterocycles. The summed E-state index contributed by atoms with van der Waals surface area (Å²) in [5.41, 5.74) is 7.36. The molecular formula is C36H50N4O7. The van der Waals surface area contributed by atoms with Crippen LogP contribution in [0.15, 0.2) is 42.5 Å². The molecule has 0 saturated carbocycles. The number of piperazine rings is 1. The molecule has 256 valence electrons. The van der Waals surface area contributed by atoms with Crippen molar-refractivity contribution in [3.8, 4) is 5.75 Å². The topological polar surface area (TPSA) is 132 Å². The number of carbonyl (C=O) groups excluding carboxylic acids is 4. The Kier molecular flexibility index (Phi) is 10.9. The molecule has 0 spiro atoms. The van der Waals surface area contributed by atoms with Crippen molar-refractivity contribution in [3.63, 3.8) is 0 Å². The van der Waals surface area contributed by atoms with Crippen molar-refractivity contribution in [3.05, 3.63) is 64.7 Å². The number of primary amides is 1. The minimum Gasteiger partial charge on any atom is -0.489 e. The molecule has 11 nitrogen and oxygen atoms in total. The molecule has 2 aromatic rings. The zero-order chi connectivity index (χ0) is 34.7. The third-order valence-electron chi connectivity index (χ3n) is 8.21. The zero-order valence-electron chi connectivity index (χ0n) is 29.0. The van der Waals surface area contributed by atoms with Gasteiger partial charge in [-0.2, -0.15) is 0 Å². The average Bonchev–Trinajstić information content (AvgIpc) is 3.29. The van der Waals surface area contributed by atoms with E-state index in [9.17, 15) is 19.2 Å². The SMILES string of the molecule is C[C@@H]1CN(C(=O)OC(C)(C)C)C[C@H](C)N1Cc1ccc(COc2cccc3c2CN(C(CCC(N)=O)C(=O)OC(C)(C)C)C3=O)cc1. The standard InChI is InChI=1S/C36H50N4O7/c1-23-18-38(34(44)47-36(6,7)8)19-24(2)39(23)20-25-12-14-26(15-13-25)22-45-30-11-9-10-27-28(30)21-40(32(27)42)29(16-17-31(37)41)33(43)46-35(3,4)5/h9-15,23-24,29H,16-22H2,1-8H3,(H2,37,41)/t23-,24+,29?. The molecular weight excluding hydrogens is 600 g/mol. The minimum absolute atomic E-state index is 0.0521. The fraction of sp³-hybridized carbons (Fsp3) is 0.556. The van der Waals surface area contributed by atoms with E-state index in [0.717, 1.165) is 17.7 Å². The fourth-order valence-corrected chi connectivity index (χ4v) is 6.02. The highest BCUT2D eigenvalue weighted by molar-refractivity contribution is 6.01. The lowest BCUT2D eigenvalue weighted by atomic mass is 10.1. The van der Waals surface area contributed by atoms with E-state index in [4.69, 9.17) is 19.9 Å². The molecule has 3 atom stereocenters. The predicted molar refractivity (Wildman–Crippen MR) is 177 cm³/mol. The number of amides is 3. The Hall–Kier alpha value is -4.12. The third-order valence-corrected chi connectivity index (χ3v) is 8.21. The number of ether oxygens (including phenoxy) is 3. The summed E-state index contributed by atoms with van der Waals surface area (Å²) in [4.78, 5) is 56.4. The summed E-state index contributed by atoms with van der Waals surface area (Å²) in [6.45, 7) is 17.6. The van der Waals surface area contributed by atoms with E-state index >= 15 is 0 Å². The Morgan fingerprint density at radius 3 is 2.06 bits per heavy atom. The smallest absolute Gasteiger partial charge is 0.410 e. The van der Waals surface area contributed by atoms with E-state index in [-0.39, 0.29) is 43.5 Å². The Labute approximate surface area is 278 Å². The molecule has 3 amide bonds. The highest BCUT2D eigenvalue weighted by Crippen LogP contribution is 2.34. The van der Waals surface area contributed by atoms with Crippen LogP contribution in [0.3, 0.4) is 0 Å². The maximum Gasteiger partial charge on any atom is 0.410 e. The first-order valence-electron chi connectivity index (χ1n) is 16.3. The number of nitrogens with two attached hydrogens (primary N) is 1. The van der Waals surface area contributed by atoms with Crippen molar-refractivity contribution < 1.29 is 33.4 Å². The number of carbonyl (C=O) groups is 4. The van der Waals surface area contributed by atoms with E-state index in [1.165, 1.54) is 4.90 Å². The van der Waals surface area contributed by atoms with Crippen LogP contribution in [-0.4, -0.2) is 81.0 Å². The van der Waals surface area contributed by atoms with Crippen molar-refractivity contribution in [2.75, 3.05) is 13.1 Å². The number of rotatable bonds is 10. The van der Waals surface area contributed by atoms with Gasteiger partial charge in [0.25, 0.3) is 5.91 Å². The number of hydrogen-bond donors (Lipinski definition) is 1. The number of esters is 1. The van der Waals surface area contributed by atoms with Gasteiger partial charge in [0, 0.05) is 49.3 Å². The first kappa shape index (κ1) is 35.7. The highest BCUT2D eigenvalue weighted by Gasteiger charge is 2.40. The van der Waals surface area contributed by atoms with Crippen molar-refractivity contribution in [1.29, 1.82) is 0 Å². The van der Waals surface area contributed by atoms with E-state index in [0.29, 0.717) is 36.6 Å². The molecule has 4 rings (SSSR count). The second kappa shape index (κ2) is 14.3. The van der Waals surface area contributed by atoms with E-state index in [1.54, 1.807) is 37.8 Å². The van der Waals surface area contributed by atoms with Gasteiger partial charge in [-0.25, -0.2) is 9.59 Å². The molecule has 2 aliphatic rings. The summed E-state index contributed by atoms with van der Waals surface area (Å²) in [6.07, 6.45) is -0.250. The second-order valence-electron chi connectivity index (χ2n) is 14.6. The molecule has 0 bridgehead atoms. The van der Waals surface area contributed by atoms with Crippen molar-refractivity contribution in [2.45, 2.75) is 117 Å². The van der Waals surface area contributed by atoms with Crippen LogP contribution in [-0.2, 0) is 38.8 Å². The average molecular weight is 651 g/mol. The summed E-state index contributed by atoms with van der Waals surface area (Å²) >= 11 is 0. The maximum absolute atomic E-state index is 13.4. The first-order valence-corrected chi connectivity index (χ1v) is 16.3. The van der Waals surface area contributed by atoms with Gasteiger partial charge in [-0.1, -0.05) is 30.3 Å². The third kappa shape index (κ3) is 9.47. The molecule has 47 heavy (non-hydrogen) atoms. The molecule has 2 aliphatic heterocycles. The Balaban J connectivity index is 1.38. The van der Waals surface area contributed by atoms with Gasteiger partial charge < -0.3 is 29.7 Å². The van der Waals surface area contributed by atoms with Crippen LogP contribution in [0.1, 0.15) is 95.3 Å². The summed E-state index contributed by atoms with van der Waals surface area (Å²) in [7, 11) is 0. The molecule has 1 fully saturated rings. The van der Waals surface area contributed by atoms with Crippen LogP contribution in [0.5, 0.6) is 5.75 Å². The van der Waals surface area contributed by atoms with E-state index < -0.39 is 29.1 Å². The Morgan fingerprint density at radius 1 is 0.894 bits per heavy atom. The van der Waals surface area contributed by atoms with Crippen LogP contribution < -0.4 is 10.5 Å². The molecule has 2 aromatic carbocycles. The van der Waals surface area contributed by atoms with Gasteiger partial charge >= 0.3 is 12.1 Å². The van der Waals surface area contributed by atoms with Crippen molar-refractivity contribution in [1.82, 2.24) is 14.7 Å². The van der Waals surface area contributed by atoms with E-state index in [2.05, 4.69) is 30.9 Å². The number of benzene rings is 2. The minimum atomic E-state index is -0.951. The fourth-order valence-electron chi connectivity index (χ4n) is 6.02. The van der Waals surface area contributed by atoms with Crippen LogP contribution in [0, 0.1) is 0 Å². The first-order chi connectivity index (χ1) is 21.9. The summed E-state index contributed by atoms with van der Waals surface area (Å²) in [5.74, 6) is -0.880. The lowest BCUT2D eigenvalue weighted by molar-refractivity contribution is -0.160. The highest BCUT2D eigenvalue weighted by atomic mass is 16.6. The van der Waals surface area contributed by atoms with Gasteiger partial charge in [0.1, 0.15) is 29.6 Å². The largest absolute Gasteiger partial charge is 0.489 e. The lowest BCUT2D eigenvalue weighted by Gasteiger charge is -2.44. The Morgan fingerprint density at radius 2 is 1.49 bits per heavy atom. The van der Waals surface area contributed by atoms with Crippen LogP contribution in [0.2, 0.25) is 0 Å². The van der Waals surface area contributed by atoms with Gasteiger partial charge in [-0.05, 0) is 85.1 Å². The summed E-state index contributed by atoms with van der Waals surface area (Å²) < 4.78 is 17.4. The monoisotopic (exact) mass is 650 g/mol. The lowest BCUT2D eigenvalue weighted by Crippen LogP contribution is -2.58. The molecule has 0 radical (unpaired) electrons. The van der Waals surface area contributed by atoms with Crippen molar-refractivity contribution in [2.24, 2.45) is 5.73 Å². The van der Waals surface area contributed by atoms with Crippen LogP contribution in [0.25, 0.3) is 0 Å². The second-order valence-corrected chi connectivity index (χ2v) is 14.6. The van der Waals surface area contributed by atoms with Gasteiger partial charge in [0.15, 0.2) is 0 Å². The van der Waals surface area contributed by atoms with Crippen LogP contribution >= 0.6 is 0 Å². The normalized spacial score (nSPS) is 19.3. The zero-order valence-corrected chi connectivity index (χ0v) is 29.0. The maximum atomic E-state index is 13.4. The number of nitrogens with zero attached hydrogens (tertiary/aromatic N) is 3. The van der Waals surface area contributed by atoms with E-state index in [1.807, 2.05) is 39.0 Å². The molecule has 2 N–H and O–H groups in total. The van der Waals surface area contributed by atoms with Gasteiger partial charge in [0.2, 0.25) is 5.91 Å². The Bertz CT molecular complexity index is 1450. The molecule has 1 unspecified atom stereocenters. The predicted octanol–water partition coefficient (Wildman–Crippen LogP) is 5.03. The summed E-state index contributed by atoms with van der Waals surface area (Å²) in [5, 5.41) is 0. The molecule has 0 aromatic heterocycles. The van der Waals surface area contributed by atoms with Gasteiger partial charge in [-0.3, -0.25) is 14.5 Å². The number of fused-ring (bicyclic) bond motifs is 1.